The fourth-order valence-electron chi connectivity index (χ4n) is 1.97. The van der Waals surface area contributed by atoms with Crippen molar-refractivity contribution in [2.75, 3.05) is 13.1 Å². The molecule has 4 nitrogen and oxygen atoms in total. The van der Waals surface area contributed by atoms with Gasteiger partial charge in [-0.1, -0.05) is 26.3 Å². The number of hydrogen-bond donors (Lipinski definition) is 3. The van der Waals surface area contributed by atoms with E-state index in [-0.39, 0.29) is 19.0 Å². The first-order chi connectivity index (χ1) is 9.93. The molecule has 6 heteroatoms. The summed E-state index contributed by atoms with van der Waals surface area (Å²) >= 11 is 0. The van der Waals surface area contributed by atoms with Gasteiger partial charge < -0.3 is 15.7 Å². The van der Waals surface area contributed by atoms with Crippen LogP contribution in [0.2, 0.25) is 0 Å². The van der Waals surface area contributed by atoms with Crippen LogP contribution in [0.3, 0.4) is 0 Å². The highest BCUT2D eigenvalue weighted by Crippen LogP contribution is 2.18. The standard InChI is InChI=1S/C15H22F2N2O2/c1-3-4-12(20)9-19-15(21)18-8-10(2)13-6-5-11(16)7-14(13)17/h5-7,10,12,20H,3-4,8-9H2,1-2H3,(H2,18,19,21). The smallest absolute Gasteiger partial charge is 0.314 e. The summed E-state index contributed by atoms with van der Waals surface area (Å²) in [5, 5.41) is 14.6. The van der Waals surface area contributed by atoms with E-state index in [4.69, 9.17) is 0 Å². The van der Waals surface area contributed by atoms with Crippen LogP contribution in [0.4, 0.5) is 13.6 Å². The van der Waals surface area contributed by atoms with Crippen molar-refractivity contribution in [2.24, 2.45) is 0 Å². The van der Waals surface area contributed by atoms with Crippen LogP contribution in [0.15, 0.2) is 18.2 Å². The summed E-state index contributed by atoms with van der Waals surface area (Å²) in [4.78, 5) is 11.5. The third kappa shape index (κ3) is 6.08. The van der Waals surface area contributed by atoms with Crippen molar-refractivity contribution in [1.29, 1.82) is 0 Å². The highest BCUT2D eigenvalue weighted by Gasteiger charge is 2.13. The molecule has 2 unspecified atom stereocenters. The monoisotopic (exact) mass is 300 g/mol. The van der Waals surface area contributed by atoms with E-state index in [1.807, 2.05) is 6.92 Å². The molecule has 1 aromatic carbocycles. The lowest BCUT2D eigenvalue weighted by atomic mass is 10.0. The largest absolute Gasteiger partial charge is 0.391 e. The van der Waals surface area contributed by atoms with E-state index >= 15 is 0 Å². The van der Waals surface area contributed by atoms with Gasteiger partial charge in [-0.15, -0.1) is 0 Å². The summed E-state index contributed by atoms with van der Waals surface area (Å²) in [5.74, 6) is -1.53. The fraction of sp³-hybridized carbons (Fsp3) is 0.533. The highest BCUT2D eigenvalue weighted by atomic mass is 19.1. The zero-order valence-electron chi connectivity index (χ0n) is 12.3. The number of aliphatic hydroxyl groups excluding tert-OH is 1. The average molecular weight is 300 g/mol. The second-order valence-corrected chi connectivity index (χ2v) is 5.10. The summed E-state index contributed by atoms with van der Waals surface area (Å²) in [7, 11) is 0. The van der Waals surface area contributed by atoms with Gasteiger partial charge in [-0.3, -0.25) is 0 Å². The number of rotatable bonds is 7. The molecule has 2 atom stereocenters. The number of nitrogens with one attached hydrogen (secondary N) is 2. The first-order valence-corrected chi connectivity index (χ1v) is 7.08. The maximum atomic E-state index is 13.6. The van der Waals surface area contributed by atoms with Gasteiger partial charge in [0.2, 0.25) is 0 Å². The second kappa shape index (κ2) is 8.56. The predicted octanol–water partition coefficient (Wildman–Crippen LogP) is 2.53. The van der Waals surface area contributed by atoms with Gasteiger partial charge in [-0.05, 0) is 18.1 Å². The van der Waals surface area contributed by atoms with E-state index in [9.17, 15) is 18.7 Å². The van der Waals surface area contributed by atoms with Gasteiger partial charge in [0.15, 0.2) is 0 Å². The molecule has 0 bridgehead atoms. The third-order valence-electron chi connectivity index (χ3n) is 3.18. The molecular weight excluding hydrogens is 278 g/mol. The lowest BCUT2D eigenvalue weighted by molar-refractivity contribution is 0.160. The Morgan fingerprint density at radius 3 is 2.57 bits per heavy atom. The molecule has 21 heavy (non-hydrogen) atoms. The molecule has 2 amide bonds. The lowest BCUT2D eigenvalue weighted by Crippen LogP contribution is -2.41. The Morgan fingerprint density at radius 2 is 1.95 bits per heavy atom. The van der Waals surface area contributed by atoms with E-state index < -0.39 is 23.8 Å². The Morgan fingerprint density at radius 1 is 1.29 bits per heavy atom. The molecule has 0 radical (unpaired) electrons. The number of halogens is 2. The molecule has 0 saturated heterocycles. The Hall–Kier alpha value is -1.69. The maximum Gasteiger partial charge on any atom is 0.314 e. The zero-order valence-corrected chi connectivity index (χ0v) is 12.3. The van der Waals surface area contributed by atoms with E-state index in [0.29, 0.717) is 12.0 Å². The van der Waals surface area contributed by atoms with Crippen LogP contribution in [0, 0.1) is 11.6 Å². The van der Waals surface area contributed by atoms with E-state index in [1.54, 1.807) is 6.92 Å². The molecule has 3 N–H and O–H groups in total. The van der Waals surface area contributed by atoms with Crippen molar-refractivity contribution >= 4 is 6.03 Å². The van der Waals surface area contributed by atoms with Crippen LogP contribution < -0.4 is 10.6 Å². The first-order valence-electron chi connectivity index (χ1n) is 7.08. The molecule has 0 aliphatic heterocycles. The van der Waals surface area contributed by atoms with Gasteiger partial charge in [0.1, 0.15) is 11.6 Å². The average Bonchev–Trinajstić information content (AvgIpc) is 2.43. The van der Waals surface area contributed by atoms with Crippen LogP contribution in [0.1, 0.15) is 38.2 Å². The Balaban J connectivity index is 2.38. The van der Waals surface area contributed by atoms with Gasteiger partial charge in [0.05, 0.1) is 6.10 Å². The summed E-state index contributed by atoms with van der Waals surface area (Å²) in [6, 6.07) is 2.97. The summed E-state index contributed by atoms with van der Waals surface area (Å²) in [6.45, 7) is 4.09. The number of amides is 2. The minimum atomic E-state index is -0.626. The second-order valence-electron chi connectivity index (χ2n) is 5.10. The topological polar surface area (TPSA) is 61.4 Å². The predicted molar refractivity (Wildman–Crippen MR) is 77.1 cm³/mol. The molecule has 118 valence electrons. The van der Waals surface area contributed by atoms with Crippen molar-refractivity contribution in [2.45, 2.75) is 38.7 Å². The molecule has 1 rings (SSSR count). The Kier molecular flexibility index (Phi) is 7.08. The van der Waals surface area contributed by atoms with Gasteiger partial charge in [-0.2, -0.15) is 0 Å². The number of carbonyl (C=O) groups excluding carboxylic acids is 1. The van der Waals surface area contributed by atoms with Gasteiger partial charge in [0, 0.05) is 25.1 Å². The molecule has 0 aliphatic rings. The molecule has 0 heterocycles. The van der Waals surface area contributed by atoms with Crippen LogP contribution in [-0.4, -0.2) is 30.3 Å². The van der Waals surface area contributed by atoms with Crippen molar-refractivity contribution < 1.29 is 18.7 Å². The van der Waals surface area contributed by atoms with Crippen LogP contribution in [0.25, 0.3) is 0 Å². The third-order valence-corrected chi connectivity index (χ3v) is 3.18. The fourth-order valence-corrected chi connectivity index (χ4v) is 1.97. The minimum absolute atomic E-state index is 0.180. The molecule has 1 aromatic rings. The quantitative estimate of drug-likeness (QED) is 0.724. The van der Waals surface area contributed by atoms with Crippen molar-refractivity contribution in [3.63, 3.8) is 0 Å². The van der Waals surface area contributed by atoms with Crippen molar-refractivity contribution in [1.82, 2.24) is 10.6 Å². The normalized spacial score (nSPS) is 13.6. The number of aliphatic hydroxyl groups is 1. The van der Waals surface area contributed by atoms with Crippen LogP contribution >= 0.6 is 0 Å². The number of urea groups is 1. The zero-order chi connectivity index (χ0) is 15.8. The Labute approximate surface area is 123 Å². The maximum absolute atomic E-state index is 13.6. The SMILES string of the molecule is CCCC(O)CNC(=O)NCC(C)c1ccc(F)cc1F. The summed E-state index contributed by atoms with van der Waals surface area (Å²) in [6.07, 6.45) is 0.899. The summed E-state index contributed by atoms with van der Waals surface area (Å²) < 4.78 is 26.4. The molecule has 0 spiro atoms. The number of benzene rings is 1. The molecule has 0 saturated carbocycles. The van der Waals surface area contributed by atoms with E-state index in [0.717, 1.165) is 12.5 Å². The Bertz CT molecular complexity index is 469. The molecule has 0 aliphatic carbocycles. The van der Waals surface area contributed by atoms with Crippen molar-refractivity contribution in [3.8, 4) is 0 Å². The molecular formula is C15H22F2N2O2. The number of carbonyl (C=O) groups is 1. The molecule has 0 fully saturated rings. The van der Waals surface area contributed by atoms with Gasteiger partial charge >= 0.3 is 6.03 Å². The van der Waals surface area contributed by atoms with Crippen LogP contribution in [-0.2, 0) is 0 Å². The van der Waals surface area contributed by atoms with Crippen molar-refractivity contribution in [3.05, 3.63) is 35.4 Å². The number of hydrogen-bond acceptors (Lipinski definition) is 2. The molecule has 0 aromatic heterocycles. The van der Waals surface area contributed by atoms with Gasteiger partial charge in [0.25, 0.3) is 0 Å². The van der Waals surface area contributed by atoms with E-state index in [1.165, 1.54) is 12.1 Å². The highest BCUT2D eigenvalue weighted by molar-refractivity contribution is 5.73. The lowest BCUT2D eigenvalue weighted by Gasteiger charge is -2.15. The summed E-state index contributed by atoms with van der Waals surface area (Å²) in [5.41, 5.74) is 0.350. The van der Waals surface area contributed by atoms with E-state index in [2.05, 4.69) is 10.6 Å². The van der Waals surface area contributed by atoms with Crippen LogP contribution in [0.5, 0.6) is 0 Å². The van der Waals surface area contributed by atoms with Gasteiger partial charge in [-0.25, -0.2) is 13.6 Å². The minimum Gasteiger partial charge on any atom is -0.391 e. The first kappa shape index (κ1) is 17.4.